The van der Waals surface area contributed by atoms with Gasteiger partial charge in [0.05, 0.1) is 5.56 Å². The lowest BCUT2D eigenvalue weighted by molar-refractivity contribution is 0.0450. The van der Waals surface area contributed by atoms with Crippen molar-refractivity contribution in [1.29, 1.82) is 0 Å². The predicted octanol–water partition coefficient (Wildman–Crippen LogP) is 4.81. The first-order valence-corrected chi connectivity index (χ1v) is 8.76. The van der Waals surface area contributed by atoms with E-state index in [1.807, 2.05) is 18.2 Å². The summed E-state index contributed by atoms with van der Waals surface area (Å²) in [5.41, 5.74) is 1.50. The summed E-state index contributed by atoms with van der Waals surface area (Å²) in [6.45, 7) is 0.351. The normalized spacial score (nSPS) is 10.3. The van der Waals surface area contributed by atoms with Crippen molar-refractivity contribution < 1.29 is 19.1 Å². The van der Waals surface area contributed by atoms with E-state index in [1.54, 1.807) is 60.7 Å². The van der Waals surface area contributed by atoms with Gasteiger partial charge in [0.2, 0.25) is 0 Å². The van der Waals surface area contributed by atoms with Gasteiger partial charge in [0.15, 0.2) is 5.78 Å². The summed E-state index contributed by atoms with van der Waals surface area (Å²) in [5, 5.41) is 0.628. The van der Waals surface area contributed by atoms with Crippen molar-refractivity contribution in [1.82, 2.24) is 0 Å². The van der Waals surface area contributed by atoms with Gasteiger partial charge < -0.3 is 9.47 Å². The van der Waals surface area contributed by atoms with Gasteiger partial charge in [0.25, 0.3) is 0 Å². The molecular formula is C22H17ClO4. The van der Waals surface area contributed by atoms with Crippen molar-refractivity contribution in [2.24, 2.45) is 0 Å². The van der Waals surface area contributed by atoms with Gasteiger partial charge in [-0.15, -0.1) is 0 Å². The lowest BCUT2D eigenvalue weighted by Crippen LogP contribution is -2.12. The van der Waals surface area contributed by atoms with E-state index in [9.17, 15) is 9.59 Å². The van der Waals surface area contributed by atoms with Crippen molar-refractivity contribution in [2.45, 2.75) is 0 Å². The summed E-state index contributed by atoms with van der Waals surface area (Å²) in [6, 6.07) is 22.3. The van der Waals surface area contributed by atoms with Crippen LogP contribution in [0, 0.1) is 0 Å². The predicted molar refractivity (Wildman–Crippen MR) is 104 cm³/mol. The number of ether oxygens (including phenoxy) is 2. The molecule has 5 heteroatoms. The van der Waals surface area contributed by atoms with Crippen molar-refractivity contribution >= 4 is 23.4 Å². The zero-order chi connectivity index (χ0) is 19.1. The second-order valence-electron chi connectivity index (χ2n) is 5.71. The van der Waals surface area contributed by atoms with Gasteiger partial charge >= 0.3 is 5.97 Å². The van der Waals surface area contributed by atoms with E-state index in [2.05, 4.69) is 0 Å². The Morgan fingerprint density at radius 2 is 1.30 bits per heavy atom. The highest BCUT2D eigenvalue weighted by atomic mass is 35.5. The van der Waals surface area contributed by atoms with Crippen molar-refractivity contribution in [2.75, 3.05) is 13.2 Å². The van der Waals surface area contributed by atoms with Crippen LogP contribution in [0.4, 0.5) is 0 Å². The number of benzene rings is 3. The van der Waals surface area contributed by atoms with Crippen LogP contribution in [-0.2, 0) is 4.74 Å². The van der Waals surface area contributed by atoms with E-state index in [4.69, 9.17) is 21.1 Å². The fourth-order valence-electron chi connectivity index (χ4n) is 2.42. The Morgan fingerprint density at radius 3 is 1.96 bits per heavy atom. The largest absolute Gasteiger partial charge is 0.490 e. The average molecular weight is 381 g/mol. The topological polar surface area (TPSA) is 52.6 Å². The number of carbonyl (C=O) groups is 2. The molecule has 0 aliphatic carbocycles. The van der Waals surface area contributed by atoms with E-state index in [0.29, 0.717) is 27.5 Å². The molecule has 0 radical (unpaired) electrons. The fourth-order valence-corrected chi connectivity index (χ4v) is 2.55. The minimum absolute atomic E-state index is 0.0909. The molecule has 4 nitrogen and oxygen atoms in total. The van der Waals surface area contributed by atoms with Crippen molar-refractivity contribution in [3.05, 3.63) is 101 Å². The van der Waals surface area contributed by atoms with Crippen molar-refractivity contribution in [3.63, 3.8) is 0 Å². The van der Waals surface area contributed by atoms with E-state index < -0.39 is 5.97 Å². The standard InChI is InChI=1S/C22H17ClO4/c23-19-10-12-20(13-11-19)26-14-15-27-22(25)18-8-6-17(7-9-18)21(24)16-4-2-1-3-5-16/h1-13H,14-15H2. The Kier molecular flexibility index (Phi) is 6.23. The van der Waals surface area contributed by atoms with Crippen LogP contribution in [0.2, 0.25) is 5.02 Å². The summed E-state index contributed by atoms with van der Waals surface area (Å²) in [4.78, 5) is 24.4. The Morgan fingerprint density at radius 1 is 0.704 bits per heavy atom. The number of esters is 1. The number of rotatable bonds is 7. The Hall–Kier alpha value is -3.11. The molecule has 3 aromatic carbocycles. The van der Waals surface area contributed by atoms with Crippen LogP contribution in [0.1, 0.15) is 26.3 Å². The molecule has 0 amide bonds. The third-order valence-electron chi connectivity index (χ3n) is 3.82. The van der Waals surface area contributed by atoms with Gasteiger partial charge in [-0.2, -0.15) is 0 Å². The minimum atomic E-state index is -0.464. The summed E-state index contributed by atoms with van der Waals surface area (Å²) >= 11 is 5.80. The number of carbonyl (C=O) groups excluding carboxylic acids is 2. The van der Waals surface area contributed by atoms with Gasteiger partial charge in [-0.3, -0.25) is 4.79 Å². The summed E-state index contributed by atoms with van der Waals surface area (Å²) in [7, 11) is 0. The molecule has 0 atom stereocenters. The monoisotopic (exact) mass is 380 g/mol. The van der Waals surface area contributed by atoms with Crippen LogP contribution < -0.4 is 4.74 Å². The van der Waals surface area contributed by atoms with Gasteiger partial charge in [-0.05, 0) is 36.4 Å². The first kappa shape index (κ1) is 18.7. The highest BCUT2D eigenvalue weighted by Crippen LogP contribution is 2.15. The molecule has 0 bridgehead atoms. The van der Waals surface area contributed by atoms with Crippen LogP contribution in [0.25, 0.3) is 0 Å². The third kappa shape index (κ3) is 5.19. The van der Waals surface area contributed by atoms with Crippen molar-refractivity contribution in [3.8, 4) is 5.75 Å². The van der Waals surface area contributed by atoms with Crippen LogP contribution in [-0.4, -0.2) is 25.0 Å². The fraction of sp³-hybridized carbons (Fsp3) is 0.0909. The molecule has 0 fully saturated rings. The second kappa shape index (κ2) is 9.01. The first-order chi connectivity index (χ1) is 13.1. The molecule has 0 heterocycles. The molecule has 0 aliphatic rings. The third-order valence-corrected chi connectivity index (χ3v) is 4.07. The van der Waals surface area contributed by atoms with Crippen LogP contribution in [0.3, 0.4) is 0 Å². The Labute approximate surface area is 162 Å². The number of ketones is 1. The molecule has 0 aliphatic heterocycles. The summed E-state index contributed by atoms with van der Waals surface area (Å²) < 4.78 is 10.6. The molecule has 136 valence electrons. The quantitative estimate of drug-likeness (QED) is 0.335. The van der Waals surface area contributed by atoms with Gasteiger partial charge in [0, 0.05) is 16.1 Å². The second-order valence-corrected chi connectivity index (χ2v) is 6.15. The SMILES string of the molecule is O=C(OCCOc1ccc(Cl)cc1)c1ccc(C(=O)c2ccccc2)cc1. The maximum atomic E-state index is 12.4. The molecule has 0 saturated heterocycles. The highest BCUT2D eigenvalue weighted by Gasteiger charge is 2.11. The average Bonchev–Trinajstić information content (AvgIpc) is 2.72. The first-order valence-electron chi connectivity index (χ1n) is 8.39. The number of halogens is 1. The molecule has 0 N–H and O–H groups in total. The van der Waals surface area contributed by atoms with E-state index in [-0.39, 0.29) is 19.0 Å². The summed E-state index contributed by atoms with van der Waals surface area (Å²) in [5.74, 6) is 0.0968. The van der Waals surface area contributed by atoms with Crippen LogP contribution >= 0.6 is 11.6 Å². The van der Waals surface area contributed by atoms with E-state index in [1.165, 1.54) is 0 Å². The lowest BCUT2D eigenvalue weighted by Gasteiger charge is -2.08. The maximum absolute atomic E-state index is 12.4. The zero-order valence-corrected chi connectivity index (χ0v) is 15.2. The maximum Gasteiger partial charge on any atom is 0.338 e. The van der Waals surface area contributed by atoms with Crippen LogP contribution in [0.5, 0.6) is 5.75 Å². The van der Waals surface area contributed by atoms with E-state index in [0.717, 1.165) is 0 Å². The lowest BCUT2D eigenvalue weighted by atomic mass is 10.0. The van der Waals surface area contributed by atoms with Crippen LogP contribution in [0.15, 0.2) is 78.9 Å². The molecule has 0 spiro atoms. The molecular weight excluding hydrogens is 364 g/mol. The van der Waals surface area contributed by atoms with Gasteiger partial charge in [-0.25, -0.2) is 4.79 Å². The minimum Gasteiger partial charge on any atom is -0.490 e. The van der Waals surface area contributed by atoms with Gasteiger partial charge in [0.1, 0.15) is 19.0 Å². The molecule has 0 saturated carbocycles. The Balaban J connectivity index is 1.50. The summed E-state index contributed by atoms with van der Waals surface area (Å²) in [6.07, 6.45) is 0. The molecule has 3 aromatic rings. The zero-order valence-electron chi connectivity index (χ0n) is 14.4. The molecule has 3 rings (SSSR count). The van der Waals surface area contributed by atoms with Gasteiger partial charge in [-0.1, -0.05) is 54.1 Å². The molecule has 0 aromatic heterocycles. The number of hydrogen-bond acceptors (Lipinski definition) is 4. The number of hydrogen-bond donors (Lipinski definition) is 0. The smallest absolute Gasteiger partial charge is 0.338 e. The Bertz CT molecular complexity index is 903. The molecule has 0 unspecified atom stereocenters. The van der Waals surface area contributed by atoms with E-state index >= 15 is 0 Å². The molecule has 27 heavy (non-hydrogen) atoms. The highest BCUT2D eigenvalue weighted by molar-refractivity contribution is 6.30.